The molecule has 0 N–H and O–H groups in total. The molecule has 0 aromatic rings. The van der Waals surface area contributed by atoms with Crippen LogP contribution in [0.3, 0.4) is 0 Å². The van der Waals surface area contributed by atoms with E-state index >= 15 is 0 Å². The molecule has 3 aliphatic carbocycles. The predicted molar refractivity (Wildman–Crippen MR) is 55.9 cm³/mol. The monoisotopic (exact) mass is 192 g/mol. The van der Waals surface area contributed by atoms with E-state index in [1.54, 1.807) is 6.92 Å². The Labute approximate surface area is 86.3 Å². The summed E-state index contributed by atoms with van der Waals surface area (Å²) in [7, 11) is 0. The summed E-state index contributed by atoms with van der Waals surface area (Å²) < 4.78 is 0. The predicted octanol–water partition coefficient (Wildman–Crippen LogP) is 3.18. The summed E-state index contributed by atoms with van der Waals surface area (Å²) in [6, 6.07) is 0. The van der Waals surface area contributed by atoms with E-state index in [-0.39, 0.29) is 5.41 Å². The lowest BCUT2D eigenvalue weighted by Gasteiger charge is -2.25. The SMILES string of the molecule is CC(=O)C1(CC2CC3CCC2C3)CC1. The minimum atomic E-state index is 0.176. The van der Waals surface area contributed by atoms with Gasteiger partial charge in [-0.1, -0.05) is 6.42 Å². The topological polar surface area (TPSA) is 17.1 Å². The molecule has 3 aliphatic rings. The van der Waals surface area contributed by atoms with Crippen LogP contribution in [0.15, 0.2) is 0 Å². The molecule has 14 heavy (non-hydrogen) atoms. The molecule has 2 bridgehead atoms. The van der Waals surface area contributed by atoms with Gasteiger partial charge in [0.1, 0.15) is 5.78 Å². The molecule has 1 heteroatoms. The van der Waals surface area contributed by atoms with Crippen molar-refractivity contribution in [3.63, 3.8) is 0 Å². The number of fused-ring (bicyclic) bond motifs is 2. The maximum Gasteiger partial charge on any atom is 0.135 e. The van der Waals surface area contributed by atoms with Gasteiger partial charge in [-0.2, -0.15) is 0 Å². The molecule has 0 aromatic heterocycles. The molecule has 1 nitrogen and oxygen atoms in total. The lowest BCUT2D eigenvalue weighted by Crippen LogP contribution is -2.20. The molecule has 0 amide bonds. The van der Waals surface area contributed by atoms with Gasteiger partial charge in [0.15, 0.2) is 0 Å². The molecule has 3 fully saturated rings. The van der Waals surface area contributed by atoms with Crippen molar-refractivity contribution in [2.24, 2.45) is 23.2 Å². The average Bonchev–Trinajstić information content (AvgIpc) is 2.66. The summed E-state index contributed by atoms with van der Waals surface area (Å²) >= 11 is 0. The maximum atomic E-state index is 11.5. The maximum absolute atomic E-state index is 11.5. The number of hydrogen-bond acceptors (Lipinski definition) is 1. The van der Waals surface area contributed by atoms with Crippen molar-refractivity contribution >= 4 is 5.78 Å². The van der Waals surface area contributed by atoms with Crippen LogP contribution in [-0.4, -0.2) is 5.78 Å². The molecule has 0 aromatic carbocycles. The van der Waals surface area contributed by atoms with Crippen LogP contribution >= 0.6 is 0 Å². The van der Waals surface area contributed by atoms with Gasteiger partial charge in [0.05, 0.1) is 0 Å². The molecule has 0 radical (unpaired) electrons. The van der Waals surface area contributed by atoms with Crippen molar-refractivity contribution in [3.8, 4) is 0 Å². The molecule has 78 valence electrons. The molecule has 3 saturated carbocycles. The van der Waals surface area contributed by atoms with Crippen LogP contribution in [-0.2, 0) is 4.79 Å². The van der Waals surface area contributed by atoms with Gasteiger partial charge < -0.3 is 0 Å². The number of hydrogen-bond donors (Lipinski definition) is 0. The van der Waals surface area contributed by atoms with E-state index in [0.717, 1.165) is 17.8 Å². The summed E-state index contributed by atoms with van der Waals surface area (Å²) in [6.07, 6.45) is 9.49. The van der Waals surface area contributed by atoms with E-state index in [1.165, 1.54) is 44.9 Å². The molecule has 0 heterocycles. The third-order valence-corrected chi connectivity index (χ3v) is 5.14. The molecule has 0 saturated heterocycles. The Hall–Kier alpha value is -0.330. The fraction of sp³-hybridized carbons (Fsp3) is 0.923. The third-order valence-electron chi connectivity index (χ3n) is 5.14. The van der Waals surface area contributed by atoms with Crippen molar-refractivity contribution in [1.82, 2.24) is 0 Å². The minimum Gasteiger partial charge on any atom is -0.299 e. The zero-order valence-corrected chi connectivity index (χ0v) is 9.09. The second-order valence-electron chi connectivity index (χ2n) is 5.98. The number of rotatable bonds is 3. The largest absolute Gasteiger partial charge is 0.299 e. The molecule has 3 rings (SSSR count). The Balaban J connectivity index is 1.66. The van der Waals surface area contributed by atoms with Gasteiger partial charge in [-0.05, 0) is 63.2 Å². The van der Waals surface area contributed by atoms with Gasteiger partial charge in [0.2, 0.25) is 0 Å². The second-order valence-corrected chi connectivity index (χ2v) is 5.98. The van der Waals surface area contributed by atoms with E-state index in [2.05, 4.69) is 0 Å². The standard InChI is InChI=1S/C13H20O/c1-9(14)13(4-5-13)8-12-7-10-2-3-11(12)6-10/h10-12H,2-8H2,1H3. The normalized spacial score (nSPS) is 42.8. The number of carbonyl (C=O) groups excluding carboxylic acids is 1. The average molecular weight is 192 g/mol. The molecular weight excluding hydrogens is 172 g/mol. The Morgan fingerprint density at radius 2 is 2.07 bits per heavy atom. The zero-order chi connectivity index (χ0) is 9.76. The van der Waals surface area contributed by atoms with E-state index in [1.807, 2.05) is 0 Å². The summed E-state index contributed by atoms with van der Waals surface area (Å²) in [5, 5.41) is 0. The Morgan fingerprint density at radius 3 is 2.50 bits per heavy atom. The van der Waals surface area contributed by atoms with Crippen LogP contribution in [0.4, 0.5) is 0 Å². The molecule has 0 spiro atoms. The van der Waals surface area contributed by atoms with Crippen molar-refractivity contribution < 1.29 is 4.79 Å². The molecular formula is C13H20O. The first-order chi connectivity index (χ1) is 6.70. The van der Waals surface area contributed by atoms with Crippen molar-refractivity contribution in [1.29, 1.82) is 0 Å². The van der Waals surface area contributed by atoms with Crippen molar-refractivity contribution in [2.45, 2.75) is 51.9 Å². The van der Waals surface area contributed by atoms with Gasteiger partial charge in [-0.25, -0.2) is 0 Å². The van der Waals surface area contributed by atoms with Crippen LogP contribution in [0.5, 0.6) is 0 Å². The highest BCUT2D eigenvalue weighted by Crippen LogP contribution is 2.58. The number of ketones is 1. The second kappa shape index (κ2) is 2.84. The highest BCUT2D eigenvalue weighted by molar-refractivity contribution is 5.84. The van der Waals surface area contributed by atoms with Crippen molar-refractivity contribution in [3.05, 3.63) is 0 Å². The summed E-state index contributed by atoms with van der Waals surface area (Å²) in [4.78, 5) is 11.5. The summed E-state index contributed by atoms with van der Waals surface area (Å²) in [6.45, 7) is 1.81. The fourth-order valence-corrected chi connectivity index (χ4v) is 3.98. The summed E-state index contributed by atoms with van der Waals surface area (Å²) in [5.41, 5.74) is 0.176. The first-order valence-electron chi connectivity index (χ1n) is 6.21. The Morgan fingerprint density at radius 1 is 1.29 bits per heavy atom. The number of Topliss-reactive ketones (excluding diaryl/α,β-unsaturated/α-hetero) is 1. The smallest absolute Gasteiger partial charge is 0.135 e. The van der Waals surface area contributed by atoms with Gasteiger partial charge in [0.25, 0.3) is 0 Å². The van der Waals surface area contributed by atoms with Gasteiger partial charge in [-0.3, -0.25) is 4.79 Å². The first kappa shape index (κ1) is 8.94. The Kier molecular flexibility index (Phi) is 1.81. The lowest BCUT2D eigenvalue weighted by atomic mass is 9.79. The lowest BCUT2D eigenvalue weighted by molar-refractivity contribution is -0.122. The number of carbonyl (C=O) groups is 1. The molecule has 0 aliphatic heterocycles. The fourth-order valence-electron chi connectivity index (χ4n) is 3.98. The highest BCUT2D eigenvalue weighted by atomic mass is 16.1. The molecule has 3 atom stereocenters. The van der Waals surface area contributed by atoms with Crippen LogP contribution in [0.25, 0.3) is 0 Å². The van der Waals surface area contributed by atoms with E-state index < -0.39 is 0 Å². The zero-order valence-electron chi connectivity index (χ0n) is 9.09. The van der Waals surface area contributed by atoms with Gasteiger partial charge in [-0.15, -0.1) is 0 Å². The van der Waals surface area contributed by atoms with Crippen LogP contribution < -0.4 is 0 Å². The molecule has 3 unspecified atom stereocenters. The minimum absolute atomic E-state index is 0.176. The van der Waals surface area contributed by atoms with Crippen LogP contribution in [0.2, 0.25) is 0 Å². The van der Waals surface area contributed by atoms with Gasteiger partial charge >= 0.3 is 0 Å². The quantitative estimate of drug-likeness (QED) is 0.671. The van der Waals surface area contributed by atoms with Crippen molar-refractivity contribution in [2.75, 3.05) is 0 Å². The van der Waals surface area contributed by atoms with Gasteiger partial charge in [0, 0.05) is 5.41 Å². The highest BCUT2D eigenvalue weighted by Gasteiger charge is 2.51. The van der Waals surface area contributed by atoms with Crippen LogP contribution in [0.1, 0.15) is 51.9 Å². The first-order valence-corrected chi connectivity index (χ1v) is 6.21. The summed E-state index contributed by atoms with van der Waals surface area (Å²) in [5.74, 6) is 3.42. The van der Waals surface area contributed by atoms with Crippen LogP contribution in [0, 0.1) is 23.2 Å². The van der Waals surface area contributed by atoms with E-state index in [9.17, 15) is 4.79 Å². The van der Waals surface area contributed by atoms with E-state index in [0.29, 0.717) is 5.78 Å². The third kappa shape index (κ3) is 1.24. The Bertz CT molecular complexity index is 264. The van der Waals surface area contributed by atoms with E-state index in [4.69, 9.17) is 0 Å².